The predicted octanol–water partition coefficient (Wildman–Crippen LogP) is 2.55. The number of benzene rings is 1. The first-order chi connectivity index (χ1) is 10.8. The number of hydrogen-bond acceptors (Lipinski definition) is 3. The Kier molecular flexibility index (Phi) is 3.47. The van der Waals surface area contributed by atoms with Gasteiger partial charge in [-0.1, -0.05) is 24.3 Å². The Morgan fingerprint density at radius 2 is 1.95 bits per heavy atom. The van der Waals surface area contributed by atoms with Crippen molar-refractivity contribution in [1.29, 1.82) is 0 Å². The minimum atomic E-state index is 0.0184. The molecule has 1 unspecified atom stereocenters. The summed E-state index contributed by atoms with van der Waals surface area (Å²) in [6.07, 6.45) is 3.72. The first-order valence-electron chi connectivity index (χ1n) is 7.95. The van der Waals surface area contributed by atoms with Crippen LogP contribution in [-0.4, -0.2) is 41.4 Å². The molecule has 0 spiro atoms. The fraction of sp³-hybridized carbons (Fsp3) is 0.389. The third kappa shape index (κ3) is 2.44. The number of carbonyl (C=O) groups excluding carboxylic acids is 1. The van der Waals surface area contributed by atoms with Crippen LogP contribution in [0.3, 0.4) is 0 Å². The van der Waals surface area contributed by atoms with Crippen LogP contribution in [0, 0.1) is 0 Å². The van der Waals surface area contributed by atoms with E-state index >= 15 is 0 Å². The minimum absolute atomic E-state index is 0.0184. The molecular weight excluding hydrogens is 276 g/mol. The second-order valence-electron chi connectivity index (χ2n) is 6.16. The molecule has 2 aliphatic heterocycles. The topological polar surface area (TPSA) is 36.7 Å². The van der Waals surface area contributed by atoms with Gasteiger partial charge in [-0.05, 0) is 36.1 Å². The Balaban J connectivity index is 1.42. The number of furan rings is 1. The molecule has 0 bridgehead atoms. The maximum Gasteiger partial charge on any atom is 0.289 e. The Morgan fingerprint density at radius 3 is 2.77 bits per heavy atom. The molecule has 0 saturated carbocycles. The van der Waals surface area contributed by atoms with Crippen molar-refractivity contribution in [3.8, 4) is 0 Å². The summed E-state index contributed by atoms with van der Waals surface area (Å²) in [7, 11) is 0. The lowest BCUT2D eigenvalue weighted by Gasteiger charge is -2.33. The van der Waals surface area contributed by atoms with E-state index in [0.29, 0.717) is 11.8 Å². The normalized spacial score (nSPS) is 21.8. The number of nitrogens with zero attached hydrogens (tertiary/aromatic N) is 2. The summed E-state index contributed by atoms with van der Waals surface area (Å²) in [6, 6.07) is 12.7. The van der Waals surface area contributed by atoms with Crippen LogP contribution in [0.5, 0.6) is 0 Å². The van der Waals surface area contributed by atoms with Gasteiger partial charge in [0, 0.05) is 32.2 Å². The number of rotatable bonds is 2. The Labute approximate surface area is 130 Å². The van der Waals surface area contributed by atoms with E-state index in [1.807, 2.05) is 4.90 Å². The van der Waals surface area contributed by atoms with Gasteiger partial charge in [-0.3, -0.25) is 9.69 Å². The van der Waals surface area contributed by atoms with Crippen LogP contribution in [0.25, 0.3) is 0 Å². The summed E-state index contributed by atoms with van der Waals surface area (Å²) < 4.78 is 5.23. The van der Waals surface area contributed by atoms with Gasteiger partial charge in [0.1, 0.15) is 0 Å². The third-order valence-corrected chi connectivity index (χ3v) is 4.86. The molecule has 4 rings (SSSR count). The average molecular weight is 296 g/mol. The average Bonchev–Trinajstić information content (AvgIpc) is 3.25. The van der Waals surface area contributed by atoms with Gasteiger partial charge in [0.15, 0.2) is 5.76 Å². The molecular formula is C18H20N2O2. The van der Waals surface area contributed by atoms with Gasteiger partial charge < -0.3 is 9.32 Å². The van der Waals surface area contributed by atoms with Crippen molar-refractivity contribution >= 4 is 5.91 Å². The smallest absolute Gasteiger partial charge is 0.289 e. The van der Waals surface area contributed by atoms with Crippen molar-refractivity contribution in [3.63, 3.8) is 0 Å². The Morgan fingerprint density at radius 1 is 1.09 bits per heavy atom. The summed E-state index contributed by atoms with van der Waals surface area (Å²) in [5, 5.41) is 0. The maximum absolute atomic E-state index is 12.3. The van der Waals surface area contributed by atoms with Crippen LogP contribution >= 0.6 is 0 Å². The van der Waals surface area contributed by atoms with Crippen LogP contribution in [0.4, 0.5) is 0 Å². The van der Waals surface area contributed by atoms with Crippen molar-refractivity contribution in [2.45, 2.75) is 25.4 Å². The van der Waals surface area contributed by atoms with Crippen LogP contribution in [0.2, 0.25) is 0 Å². The van der Waals surface area contributed by atoms with E-state index in [9.17, 15) is 4.79 Å². The summed E-state index contributed by atoms with van der Waals surface area (Å²) in [5.41, 5.74) is 2.91. The van der Waals surface area contributed by atoms with Crippen molar-refractivity contribution in [1.82, 2.24) is 9.80 Å². The number of hydrogen-bond donors (Lipinski definition) is 0. The van der Waals surface area contributed by atoms with Crippen LogP contribution in [-0.2, 0) is 13.0 Å². The quantitative estimate of drug-likeness (QED) is 0.854. The van der Waals surface area contributed by atoms with Crippen LogP contribution in [0.1, 0.15) is 28.1 Å². The molecule has 1 saturated heterocycles. The van der Waals surface area contributed by atoms with Gasteiger partial charge in [-0.2, -0.15) is 0 Å². The van der Waals surface area contributed by atoms with Gasteiger partial charge in [0.25, 0.3) is 5.91 Å². The van der Waals surface area contributed by atoms with Crippen LogP contribution < -0.4 is 0 Å². The predicted molar refractivity (Wildman–Crippen MR) is 83.6 cm³/mol. The number of likely N-dealkylation sites (tertiary alicyclic amines) is 1. The van der Waals surface area contributed by atoms with Crippen molar-refractivity contribution in [2.75, 3.05) is 19.6 Å². The fourth-order valence-electron chi connectivity index (χ4n) is 3.61. The van der Waals surface area contributed by atoms with Crippen LogP contribution in [0.15, 0.2) is 47.1 Å². The zero-order chi connectivity index (χ0) is 14.9. The Bertz CT molecular complexity index is 665. The largest absolute Gasteiger partial charge is 0.459 e. The molecule has 4 heteroatoms. The Hall–Kier alpha value is -2.07. The molecule has 2 aromatic rings. The SMILES string of the molecule is O=C(c1ccco1)N1CCC(N2CCc3ccccc3C2)C1. The highest BCUT2D eigenvalue weighted by Crippen LogP contribution is 2.25. The van der Waals surface area contributed by atoms with Gasteiger partial charge in [-0.25, -0.2) is 0 Å². The molecule has 0 N–H and O–H groups in total. The zero-order valence-electron chi connectivity index (χ0n) is 12.6. The van der Waals surface area contributed by atoms with E-state index in [2.05, 4.69) is 29.2 Å². The lowest BCUT2D eigenvalue weighted by molar-refractivity contribution is 0.0742. The van der Waals surface area contributed by atoms with E-state index in [-0.39, 0.29) is 5.91 Å². The minimum Gasteiger partial charge on any atom is -0.459 e. The third-order valence-electron chi connectivity index (χ3n) is 4.86. The van der Waals surface area contributed by atoms with E-state index in [0.717, 1.165) is 39.0 Å². The molecule has 1 aromatic heterocycles. The molecule has 4 nitrogen and oxygen atoms in total. The molecule has 0 radical (unpaired) electrons. The number of fused-ring (bicyclic) bond motifs is 1. The first kappa shape index (κ1) is 13.6. The fourth-order valence-corrected chi connectivity index (χ4v) is 3.61. The molecule has 1 aromatic carbocycles. The van der Waals surface area contributed by atoms with E-state index in [4.69, 9.17) is 4.42 Å². The van der Waals surface area contributed by atoms with Crippen molar-refractivity contribution in [3.05, 3.63) is 59.5 Å². The van der Waals surface area contributed by atoms with E-state index < -0.39 is 0 Å². The highest BCUT2D eigenvalue weighted by molar-refractivity contribution is 5.91. The lowest BCUT2D eigenvalue weighted by atomic mass is 9.98. The molecule has 22 heavy (non-hydrogen) atoms. The highest BCUT2D eigenvalue weighted by atomic mass is 16.3. The first-order valence-corrected chi connectivity index (χ1v) is 7.95. The second kappa shape index (κ2) is 5.61. The molecule has 3 heterocycles. The van der Waals surface area contributed by atoms with Gasteiger partial charge in [0.2, 0.25) is 0 Å². The number of amides is 1. The monoisotopic (exact) mass is 296 g/mol. The number of carbonyl (C=O) groups is 1. The second-order valence-corrected chi connectivity index (χ2v) is 6.16. The summed E-state index contributed by atoms with van der Waals surface area (Å²) in [5.74, 6) is 0.467. The van der Waals surface area contributed by atoms with E-state index in [1.54, 1.807) is 18.4 Å². The molecule has 1 atom stereocenters. The summed E-state index contributed by atoms with van der Waals surface area (Å²) >= 11 is 0. The molecule has 1 fully saturated rings. The standard InChI is InChI=1S/C18H20N2O2/c21-18(17-6-3-11-22-17)20-10-8-16(13-20)19-9-7-14-4-1-2-5-15(14)12-19/h1-6,11,16H,7-10,12-13H2. The van der Waals surface area contributed by atoms with Crippen molar-refractivity contribution in [2.24, 2.45) is 0 Å². The van der Waals surface area contributed by atoms with Crippen molar-refractivity contribution < 1.29 is 9.21 Å². The van der Waals surface area contributed by atoms with Gasteiger partial charge in [-0.15, -0.1) is 0 Å². The highest BCUT2D eigenvalue weighted by Gasteiger charge is 2.32. The molecule has 0 aliphatic carbocycles. The lowest BCUT2D eigenvalue weighted by Crippen LogP contribution is -2.41. The van der Waals surface area contributed by atoms with Gasteiger partial charge in [0.05, 0.1) is 6.26 Å². The molecule has 1 amide bonds. The summed E-state index contributed by atoms with van der Waals surface area (Å²) in [4.78, 5) is 16.8. The zero-order valence-corrected chi connectivity index (χ0v) is 12.6. The maximum atomic E-state index is 12.3. The summed E-state index contributed by atoms with van der Waals surface area (Å²) in [6.45, 7) is 3.72. The molecule has 114 valence electrons. The van der Waals surface area contributed by atoms with E-state index in [1.165, 1.54) is 11.1 Å². The molecule has 2 aliphatic rings. The van der Waals surface area contributed by atoms with Gasteiger partial charge >= 0.3 is 0 Å².